The van der Waals surface area contributed by atoms with Gasteiger partial charge in [0.05, 0.1) is 0 Å². The van der Waals surface area contributed by atoms with Crippen molar-refractivity contribution in [3.8, 4) is 0 Å². The summed E-state index contributed by atoms with van der Waals surface area (Å²) in [6.45, 7) is 4.38. The van der Waals surface area contributed by atoms with E-state index in [1.165, 1.54) is 5.56 Å². The first-order valence-corrected chi connectivity index (χ1v) is 5.28. The zero-order valence-electron chi connectivity index (χ0n) is 8.94. The minimum atomic E-state index is 0.388. The van der Waals surface area contributed by atoms with Crippen molar-refractivity contribution in [2.75, 3.05) is 0 Å². The van der Waals surface area contributed by atoms with Crippen molar-refractivity contribution in [2.45, 2.75) is 32.6 Å². The fourth-order valence-electron chi connectivity index (χ4n) is 1.79. The summed E-state index contributed by atoms with van der Waals surface area (Å²) in [5.74, 6) is 0.960. The Hall–Kier alpha value is -1.11. The Morgan fingerprint density at radius 3 is 2.43 bits per heavy atom. The van der Waals surface area contributed by atoms with Crippen LogP contribution in [-0.4, -0.2) is 6.29 Å². The Bertz CT molecular complexity index is 266. The summed E-state index contributed by atoms with van der Waals surface area (Å²) in [5, 5.41) is 0. The molecule has 14 heavy (non-hydrogen) atoms. The zero-order chi connectivity index (χ0) is 10.4. The Morgan fingerprint density at radius 2 is 1.93 bits per heavy atom. The standard InChI is InChI=1S/C13H18O/c1-3-11(2)13(9-10-14)12-7-5-4-6-8-12/h4-8,10-11,13H,3,9H2,1-2H3. The highest BCUT2D eigenvalue weighted by molar-refractivity contribution is 5.51. The molecule has 76 valence electrons. The number of carbonyl (C=O) groups excluding carboxylic acids is 1. The largest absolute Gasteiger partial charge is 0.303 e. The van der Waals surface area contributed by atoms with Gasteiger partial charge in [0.1, 0.15) is 6.29 Å². The highest BCUT2D eigenvalue weighted by Crippen LogP contribution is 2.28. The van der Waals surface area contributed by atoms with Crippen LogP contribution in [0.15, 0.2) is 30.3 Å². The molecule has 0 fully saturated rings. The third kappa shape index (κ3) is 2.69. The third-order valence-corrected chi connectivity index (χ3v) is 2.91. The van der Waals surface area contributed by atoms with Crippen molar-refractivity contribution in [1.29, 1.82) is 0 Å². The van der Waals surface area contributed by atoms with Gasteiger partial charge in [0.2, 0.25) is 0 Å². The third-order valence-electron chi connectivity index (χ3n) is 2.91. The Morgan fingerprint density at radius 1 is 1.29 bits per heavy atom. The number of rotatable bonds is 5. The molecule has 1 aromatic carbocycles. The van der Waals surface area contributed by atoms with Crippen molar-refractivity contribution >= 4 is 6.29 Å². The van der Waals surface area contributed by atoms with Gasteiger partial charge < -0.3 is 4.79 Å². The zero-order valence-corrected chi connectivity index (χ0v) is 8.94. The van der Waals surface area contributed by atoms with Gasteiger partial charge in [-0.15, -0.1) is 0 Å². The maximum absolute atomic E-state index is 10.6. The maximum atomic E-state index is 10.6. The number of benzene rings is 1. The molecule has 0 saturated carbocycles. The van der Waals surface area contributed by atoms with Crippen LogP contribution in [0.3, 0.4) is 0 Å². The van der Waals surface area contributed by atoms with E-state index in [9.17, 15) is 4.79 Å². The molecule has 2 atom stereocenters. The molecule has 0 N–H and O–H groups in total. The summed E-state index contributed by atoms with van der Waals surface area (Å²) in [6, 6.07) is 10.3. The van der Waals surface area contributed by atoms with E-state index < -0.39 is 0 Å². The first-order chi connectivity index (χ1) is 6.79. The van der Waals surface area contributed by atoms with Gasteiger partial charge in [0.15, 0.2) is 0 Å². The van der Waals surface area contributed by atoms with Crippen molar-refractivity contribution in [1.82, 2.24) is 0 Å². The lowest BCUT2D eigenvalue weighted by molar-refractivity contribution is -0.108. The maximum Gasteiger partial charge on any atom is 0.120 e. The smallest absolute Gasteiger partial charge is 0.120 e. The van der Waals surface area contributed by atoms with Gasteiger partial charge in [-0.1, -0.05) is 50.6 Å². The second-order valence-corrected chi connectivity index (χ2v) is 3.81. The van der Waals surface area contributed by atoms with Crippen LogP contribution >= 0.6 is 0 Å². The molecule has 0 aromatic heterocycles. The average molecular weight is 190 g/mol. The molecule has 0 amide bonds. The van der Waals surface area contributed by atoms with Gasteiger partial charge in [0, 0.05) is 6.42 Å². The van der Waals surface area contributed by atoms with Crippen molar-refractivity contribution in [3.63, 3.8) is 0 Å². The molecule has 0 radical (unpaired) electrons. The topological polar surface area (TPSA) is 17.1 Å². The van der Waals surface area contributed by atoms with Gasteiger partial charge in [-0.25, -0.2) is 0 Å². The second kappa shape index (κ2) is 5.58. The average Bonchev–Trinajstić information content (AvgIpc) is 2.26. The molecule has 0 aliphatic carbocycles. The summed E-state index contributed by atoms with van der Waals surface area (Å²) >= 11 is 0. The van der Waals surface area contributed by atoms with E-state index >= 15 is 0 Å². The molecule has 1 aromatic rings. The van der Waals surface area contributed by atoms with Gasteiger partial charge in [-0.05, 0) is 17.4 Å². The van der Waals surface area contributed by atoms with Crippen LogP contribution < -0.4 is 0 Å². The van der Waals surface area contributed by atoms with Crippen LogP contribution in [0, 0.1) is 5.92 Å². The lowest BCUT2D eigenvalue weighted by atomic mass is 9.84. The Labute approximate surface area is 86.1 Å². The number of hydrogen-bond donors (Lipinski definition) is 0. The molecule has 0 bridgehead atoms. The van der Waals surface area contributed by atoms with E-state index in [2.05, 4.69) is 26.0 Å². The fourth-order valence-corrected chi connectivity index (χ4v) is 1.79. The monoisotopic (exact) mass is 190 g/mol. The van der Waals surface area contributed by atoms with E-state index in [-0.39, 0.29) is 0 Å². The highest BCUT2D eigenvalue weighted by Gasteiger charge is 2.16. The number of carbonyl (C=O) groups is 1. The van der Waals surface area contributed by atoms with E-state index in [0.717, 1.165) is 12.7 Å². The second-order valence-electron chi connectivity index (χ2n) is 3.81. The molecule has 0 aliphatic heterocycles. The first-order valence-electron chi connectivity index (χ1n) is 5.28. The van der Waals surface area contributed by atoms with E-state index in [4.69, 9.17) is 0 Å². The molecule has 0 aliphatic rings. The summed E-state index contributed by atoms with van der Waals surface area (Å²) in [5.41, 5.74) is 1.29. The minimum Gasteiger partial charge on any atom is -0.303 e. The molecule has 1 nitrogen and oxygen atoms in total. The predicted molar refractivity (Wildman–Crippen MR) is 59.3 cm³/mol. The molecule has 0 heterocycles. The van der Waals surface area contributed by atoms with Crippen molar-refractivity contribution in [3.05, 3.63) is 35.9 Å². The van der Waals surface area contributed by atoms with Crippen LogP contribution in [0.5, 0.6) is 0 Å². The Balaban J connectivity index is 2.82. The molecule has 0 saturated heterocycles. The van der Waals surface area contributed by atoms with Crippen molar-refractivity contribution < 1.29 is 4.79 Å². The molecular formula is C13H18O. The Kier molecular flexibility index (Phi) is 4.37. The predicted octanol–water partition coefficient (Wildman–Crippen LogP) is 3.41. The fraction of sp³-hybridized carbons (Fsp3) is 0.462. The van der Waals surface area contributed by atoms with Crippen LogP contribution in [0.1, 0.15) is 38.2 Å². The molecule has 1 rings (SSSR count). The molecular weight excluding hydrogens is 172 g/mol. The van der Waals surface area contributed by atoms with Gasteiger partial charge in [-0.2, -0.15) is 0 Å². The van der Waals surface area contributed by atoms with Crippen LogP contribution in [0.4, 0.5) is 0 Å². The van der Waals surface area contributed by atoms with E-state index in [1.807, 2.05) is 18.2 Å². The summed E-state index contributed by atoms with van der Waals surface area (Å²) in [4.78, 5) is 10.6. The lowest BCUT2D eigenvalue weighted by Gasteiger charge is -2.21. The van der Waals surface area contributed by atoms with Crippen molar-refractivity contribution in [2.24, 2.45) is 5.92 Å². The van der Waals surface area contributed by atoms with E-state index in [0.29, 0.717) is 18.3 Å². The summed E-state index contributed by atoms with van der Waals surface area (Å²) < 4.78 is 0. The summed E-state index contributed by atoms with van der Waals surface area (Å²) in [7, 11) is 0. The highest BCUT2D eigenvalue weighted by atomic mass is 16.1. The minimum absolute atomic E-state index is 0.388. The summed E-state index contributed by atoms with van der Waals surface area (Å²) in [6.07, 6.45) is 2.79. The van der Waals surface area contributed by atoms with Gasteiger partial charge in [0.25, 0.3) is 0 Å². The van der Waals surface area contributed by atoms with Crippen LogP contribution in [0.25, 0.3) is 0 Å². The van der Waals surface area contributed by atoms with Crippen LogP contribution in [0.2, 0.25) is 0 Å². The number of hydrogen-bond acceptors (Lipinski definition) is 1. The number of aldehydes is 1. The van der Waals surface area contributed by atoms with E-state index in [1.54, 1.807) is 0 Å². The quantitative estimate of drug-likeness (QED) is 0.650. The molecule has 1 heteroatoms. The molecule has 0 spiro atoms. The molecule has 2 unspecified atom stereocenters. The normalized spacial score (nSPS) is 14.7. The SMILES string of the molecule is CCC(C)C(CC=O)c1ccccc1. The van der Waals surface area contributed by atoms with Crippen LogP contribution in [-0.2, 0) is 4.79 Å². The lowest BCUT2D eigenvalue weighted by Crippen LogP contribution is -2.09. The van der Waals surface area contributed by atoms with Gasteiger partial charge >= 0.3 is 0 Å². The first kappa shape index (κ1) is 11.0. The van der Waals surface area contributed by atoms with Gasteiger partial charge in [-0.3, -0.25) is 0 Å².